The molecule has 2 saturated heterocycles. The number of amides is 1. The average molecular weight is 663 g/mol. The van der Waals surface area contributed by atoms with Crippen molar-refractivity contribution in [3.05, 3.63) is 59.7 Å². The lowest BCUT2D eigenvalue weighted by Crippen LogP contribution is -2.48. The van der Waals surface area contributed by atoms with Gasteiger partial charge in [0.15, 0.2) is 0 Å². The lowest BCUT2D eigenvalue weighted by atomic mass is 9.83. The molecule has 2 aromatic carbocycles. The molecule has 0 aliphatic carbocycles. The first-order valence-corrected chi connectivity index (χ1v) is 18.3. The van der Waals surface area contributed by atoms with Gasteiger partial charge in [0.05, 0.1) is 24.9 Å². The number of hydrogen-bond acceptors (Lipinski definition) is 6. The Kier molecular flexibility index (Phi) is 12.3. The number of carbonyl (C=O) groups is 1. The zero-order valence-electron chi connectivity index (χ0n) is 32.0. The summed E-state index contributed by atoms with van der Waals surface area (Å²) in [4.78, 5) is 18.0. The Hall–Kier alpha value is -2.61. The maximum absolute atomic E-state index is 13.5. The largest absolute Gasteiger partial charge is 0.492 e. The van der Waals surface area contributed by atoms with Crippen molar-refractivity contribution in [3.8, 4) is 5.75 Å². The van der Waals surface area contributed by atoms with E-state index in [9.17, 15) is 4.79 Å². The van der Waals surface area contributed by atoms with Crippen LogP contribution in [-0.4, -0.2) is 73.4 Å². The molecule has 1 unspecified atom stereocenters. The monoisotopic (exact) mass is 663 g/mol. The van der Waals surface area contributed by atoms with Gasteiger partial charge < -0.3 is 29.9 Å². The van der Waals surface area contributed by atoms with Crippen LogP contribution in [0.1, 0.15) is 124 Å². The summed E-state index contributed by atoms with van der Waals surface area (Å²) in [7, 11) is 0. The molecule has 2 heterocycles. The summed E-state index contributed by atoms with van der Waals surface area (Å²) in [5.41, 5.74) is 3.42. The third kappa shape index (κ3) is 11.8. The van der Waals surface area contributed by atoms with Crippen LogP contribution in [0.25, 0.3) is 0 Å². The molecule has 48 heavy (non-hydrogen) atoms. The number of nitrogens with one attached hydrogen (secondary N) is 2. The fourth-order valence-electron chi connectivity index (χ4n) is 6.79. The summed E-state index contributed by atoms with van der Waals surface area (Å²) in [5, 5.41) is 7.55. The van der Waals surface area contributed by atoms with Crippen LogP contribution in [0.4, 0.5) is 5.69 Å². The first-order chi connectivity index (χ1) is 22.3. The summed E-state index contributed by atoms with van der Waals surface area (Å²) < 4.78 is 12.6. The number of hydrogen-bond donors (Lipinski definition) is 2. The van der Waals surface area contributed by atoms with Gasteiger partial charge in [-0.25, -0.2) is 0 Å². The third-order valence-electron chi connectivity index (χ3n) is 9.54. The zero-order chi connectivity index (χ0) is 35.3. The Labute approximate surface area is 292 Å². The molecule has 0 bridgehead atoms. The van der Waals surface area contributed by atoms with Crippen LogP contribution in [0.5, 0.6) is 5.75 Å². The van der Waals surface area contributed by atoms with Gasteiger partial charge in [0.25, 0.3) is 5.91 Å². The number of ether oxygens (including phenoxy) is 2. The smallest absolute Gasteiger partial charge is 0.257 e. The van der Waals surface area contributed by atoms with Crippen LogP contribution in [0, 0.1) is 10.8 Å². The van der Waals surface area contributed by atoms with E-state index in [1.165, 1.54) is 11.3 Å². The van der Waals surface area contributed by atoms with E-state index in [0.29, 0.717) is 24.0 Å². The van der Waals surface area contributed by atoms with E-state index in [4.69, 9.17) is 9.47 Å². The Morgan fingerprint density at radius 3 is 2.21 bits per heavy atom. The first kappa shape index (κ1) is 38.2. The quantitative estimate of drug-likeness (QED) is 0.213. The molecule has 7 nitrogen and oxygen atoms in total. The summed E-state index contributed by atoms with van der Waals surface area (Å²) >= 11 is 0. The molecule has 4 rings (SSSR count). The van der Waals surface area contributed by atoms with Crippen molar-refractivity contribution < 1.29 is 14.3 Å². The lowest BCUT2D eigenvalue weighted by Gasteiger charge is -2.34. The van der Waals surface area contributed by atoms with Gasteiger partial charge in [-0.1, -0.05) is 58.9 Å². The van der Waals surface area contributed by atoms with Crippen molar-refractivity contribution in [2.24, 2.45) is 10.8 Å². The van der Waals surface area contributed by atoms with Crippen molar-refractivity contribution in [1.82, 2.24) is 15.5 Å². The van der Waals surface area contributed by atoms with Crippen molar-refractivity contribution in [2.45, 2.75) is 131 Å². The van der Waals surface area contributed by atoms with Crippen molar-refractivity contribution in [2.75, 3.05) is 44.3 Å². The highest BCUT2D eigenvalue weighted by atomic mass is 16.5. The molecule has 0 spiro atoms. The second-order valence-corrected chi connectivity index (χ2v) is 18.1. The van der Waals surface area contributed by atoms with Gasteiger partial charge in [-0.2, -0.15) is 0 Å². The fourth-order valence-corrected chi connectivity index (χ4v) is 6.79. The Balaban J connectivity index is 1.20. The number of nitrogens with zero attached hydrogens (tertiary/aromatic N) is 2. The highest BCUT2D eigenvalue weighted by molar-refractivity contribution is 5.97. The molecule has 2 aliphatic heterocycles. The topological polar surface area (TPSA) is 66.1 Å². The van der Waals surface area contributed by atoms with Gasteiger partial charge in [-0.05, 0) is 108 Å². The van der Waals surface area contributed by atoms with E-state index >= 15 is 0 Å². The van der Waals surface area contributed by atoms with Gasteiger partial charge in [0.2, 0.25) is 0 Å². The van der Waals surface area contributed by atoms with Gasteiger partial charge in [0, 0.05) is 55.0 Å². The van der Waals surface area contributed by atoms with Gasteiger partial charge in [-0.15, -0.1) is 0 Å². The number of carbonyl (C=O) groups excluding carboxylic acids is 1. The van der Waals surface area contributed by atoms with E-state index < -0.39 is 0 Å². The SMILES string of the molecule is CC(NC(C)(C)C)c1ccc(N2CC[C@H](OCC(C)(C)CCC(C)(C)N[C@@H]3CCN(C(=O)c4ccccc4OCC(C)(C)C)C3)C2)cc1. The maximum atomic E-state index is 13.5. The molecule has 3 atom stereocenters. The van der Waals surface area contributed by atoms with Crippen LogP contribution >= 0.6 is 0 Å². The summed E-state index contributed by atoms with van der Waals surface area (Å²) in [6, 6.07) is 17.3. The number of likely N-dealkylation sites (tertiary alicyclic amines) is 1. The van der Waals surface area contributed by atoms with Crippen molar-refractivity contribution >= 4 is 11.6 Å². The standard InChI is InChI=1S/C41H66N4O3/c1-30(42-39(5,6)7)31-16-18-33(19-17-31)44-25-21-34(27-44)47-29-40(8,9)22-23-41(10,11)43-32-20-24-45(26-32)37(46)35-14-12-13-15-36(35)48-28-38(2,3)4/h12-19,30,32,34,42-43H,20-29H2,1-11H3/t30?,32-,34+/m1/s1. The lowest BCUT2D eigenvalue weighted by molar-refractivity contribution is 0.00768. The molecule has 2 aromatic rings. The predicted octanol–water partition coefficient (Wildman–Crippen LogP) is 8.25. The van der Waals surface area contributed by atoms with Crippen LogP contribution in [0.15, 0.2) is 48.5 Å². The molecule has 2 aliphatic rings. The Morgan fingerprint density at radius 1 is 0.854 bits per heavy atom. The van der Waals surface area contributed by atoms with E-state index in [1.54, 1.807) is 0 Å². The molecule has 2 N–H and O–H groups in total. The minimum absolute atomic E-state index is 0.0271. The normalized spacial score (nSPS) is 20.0. The van der Waals surface area contributed by atoms with Crippen LogP contribution in [-0.2, 0) is 4.74 Å². The number of para-hydroxylation sites is 1. The Bertz CT molecular complexity index is 1320. The van der Waals surface area contributed by atoms with Crippen LogP contribution in [0.3, 0.4) is 0 Å². The molecule has 7 heteroatoms. The van der Waals surface area contributed by atoms with Crippen molar-refractivity contribution in [3.63, 3.8) is 0 Å². The molecular weight excluding hydrogens is 596 g/mol. The molecule has 268 valence electrons. The van der Waals surface area contributed by atoms with Crippen molar-refractivity contribution in [1.29, 1.82) is 0 Å². The minimum Gasteiger partial charge on any atom is -0.492 e. The molecular formula is C41H66N4O3. The summed E-state index contributed by atoms with van der Waals surface area (Å²) in [6.07, 6.45) is 4.40. The Morgan fingerprint density at radius 2 is 1.54 bits per heavy atom. The minimum atomic E-state index is -0.0368. The van der Waals surface area contributed by atoms with Gasteiger partial charge in [-0.3, -0.25) is 4.79 Å². The maximum Gasteiger partial charge on any atom is 0.257 e. The number of benzene rings is 2. The second-order valence-electron chi connectivity index (χ2n) is 18.1. The molecule has 0 radical (unpaired) electrons. The molecule has 0 aromatic heterocycles. The molecule has 0 saturated carbocycles. The number of rotatable bonds is 14. The van der Waals surface area contributed by atoms with Gasteiger partial charge in [0.1, 0.15) is 5.75 Å². The average Bonchev–Trinajstić information content (AvgIpc) is 3.67. The third-order valence-corrected chi connectivity index (χ3v) is 9.54. The van der Waals surface area contributed by atoms with E-state index in [1.807, 2.05) is 29.2 Å². The number of anilines is 1. The van der Waals surface area contributed by atoms with Gasteiger partial charge >= 0.3 is 0 Å². The first-order valence-electron chi connectivity index (χ1n) is 18.3. The van der Waals surface area contributed by atoms with E-state index in [-0.39, 0.29) is 40.0 Å². The predicted molar refractivity (Wildman–Crippen MR) is 200 cm³/mol. The zero-order valence-corrected chi connectivity index (χ0v) is 32.0. The molecule has 1 amide bonds. The summed E-state index contributed by atoms with van der Waals surface area (Å²) in [5.74, 6) is 0.738. The van der Waals surface area contributed by atoms with E-state index in [0.717, 1.165) is 58.5 Å². The van der Waals surface area contributed by atoms with E-state index in [2.05, 4.69) is 116 Å². The summed E-state index contributed by atoms with van der Waals surface area (Å²) in [6.45, 7) is 29.3. The highest BCUT2D eigenvalue weighted by Crippen LogP contribution is 2.31. The van der Waals surface area contributed by atoms with Crippen LogP contribution in [0.2, 0.25) is 0 Å². The molecule has 2 fully saturated rings. The van der Waals surface area contributed by atoms with Crippen LogP contribution < -0.4 is 20.3 Å². The fraction of sp³-hybridized carbons (Fsp3) is 0.683. The second kappa shape index (κ2) is 15.5. The highest BCUT2D eigenvalue weighted by Gasteiger charge is 2.34.